The van der Waals surface area contributed by atoms with E-state index in [9.17, 15) is 23.8 Å². The number of hydrogen-bond acceptors (Lipinski definition) is 9. The summed E-state index contributed by atoms with van der Waals surface area (Å²) in [5.74, 6) is -2.44. The topological polar surface area (TPSA) is 172 Å². The predicted octanol–water partition coefficient (Wildman–Crippen LogP) is 8.66. The van der Waals surface area contributed by atoms with Crippen LogP contribution in [0.25, 0.3) is 0 Å². The first-order chi connectivity index (χ1) is 23.6. The summed E-state index contributed by atoms with van der Waals surface area (Å²) in [7, 11) is -4.71. The van der Waals surface area contributed by atoms with E-state index in [1.54, 1.807) is 0 Å². The zero-order valence-electron chi connectivity index (χ0n) is 30.0. The molecular formula is C37H64NO10P. The van der Waals surface area contributed by atoms with Crippen molar-refractivity contribution in [2.45, 2.75) is 148 Å². The molecule has 0 fully saturated rings. The summed E-state index contributed by atoms with van der Waals surface area (Å²) in [6, 6.07) is -1.53. The Bertz CT molecular complexity index is 1030. The Kier molecular flexibility index (Phi) is 30.9. The number of phosphoric acid groups is 1. The Hall–Kier alpha value is -2.56. The van der Waals surface area contributed by atoms with Gasteiger partial charge in [0.05, 0.1) is 13.2 Å². The maximum atomic E-state index is 12.5. The van der Waals surface area contributed by atoms with E-state index in [2.05, 4.69) is 67.0 Å². The predicted molar refractivity (Wildman–Crippen MR) is 194 cm³/mol. The highest BCUT2D eigenvalue weighted by Crippen LogP contribution is 2.43. The van der Waals surface area contributed by atoms with Crippen molar-refractivity contribution < 1.29 is 47.5 Å². The van der Waals surface area contributed by atoms with Crippen molar-refractivity contribution in [3.63, 3.8) is 0 Å². The number of rotatable bonds is 33. The average molecular weight is 714 g/mol. The molecule has 0 bridgehead atoms. The minimum absolute atomic E-state index is 0.152. The van der Waals surface area contributed by atoms with E-state index in [-0.39, 0.29) is 19.4 Å². The van der Waals surface area contributed by atoms with Crippen LogP contribution >= 0.6 is 7.82 Å². The number of carbonyl (C=O) groups excluding carboxylic acids is 2. The largest absolute Gasteiger partial charge is 0.480 e. The van der Waals surface area contributed by atoms with Crippen LogP contribution in [-0.4, -0.2) is 59.9 Å². The summed E-state index contributed by atoms with van der Waals surface area (Å²) in [5, 5.41) is 8.84. The number of ether oxygens (including phenoxy) is 2. The Morgan fingerprint density at radius 1 is 0.653 bits per heavy atom. The molecule has 0 rings (SSSR count). The molecule has 0 amide bonds. The van der Waals surface area contributed by atoms with E-state index in [1.807, 2.05) is 0 Å². The summed E-state index contributed by atoms with van der Waals surface area (Å²) in [4.78, 5) is 45.6. The summed E-state index contributed by atoms with van der Waals surface area (Å²) >= 11 is 0. The van der Waals surface area contributed by atoms with Gasteiger partial charge in [0.25, 0.3) is 0 Å². The number of allylic oxidation sites excluding steroid dienone is 8. The van der Waals surface area contributed by atoms with Crippen LogP contribution in [0, 0.1) is 0 Å². The maximum Gasteiger partial charge on any atom is 0.472 e. The number of carboxylic acids is 1. The third-order valence-corrected chi connectivity index (χ3v) is 8.29. The Morgan fingerprint density at radius 2 is 1.14 bits per heavy atom. The summed E-state index contributed by atoms with van der Waals surface area (Å²) in [6.07, 6.45) is 33.4. The molecule has 1 unspecified atom stereocenters. The highest BCUT2D eigenvalue weighted by atomic mass is 31.2. The smallest absolute Gasteiger partial charge is 0.472 e. The molecule has 0 spiro atoms. The lowest BCUT2D eigenvalue weighted by atomic mass is 10.1. The zero-order valence-corrected chi connectivity index (χ0v) is 30.9. The van der Waals surface area contributed by atoms with Crippen LogP contribution in [0.3, 0.4) is 0 Å². The standard InChI is InChI=1S/C37H64NO10P/c1-3-5-7-9-11-13-15-16-17-18-19-21-22-24-26-28-35(39)45-30-33(31-46-49(43,44)47-32-34(38)37(41)42)48-36(40)29-27-25-23-20-14-12-10-8-6-4-2/h5,7,11,13,16-17,19,21,33-34H,3-4,6,8-10,12,14-15,18,20,22-32,38H2,1-2H3,(H,41,42)(H,43,44)/b7-5+,13-11+,17-16+,21-19+/t33-,34+/m0/s1. The number of nitrogens with two attached hydrogens (primary N) is 1. The third kappa shape index (κ3) is 32.4. The monoisotopic (exact) mass is 713 g/mol. The van der Waals surface area contributed by atoms with Gasteiger partial charge in [-0.1, -0.05) is 120 Å². The molecule has 11 nitrogen and oxygen atoms in total. The van der Waals surface area contributed by atoms with Crippen molar-refractivity contribution in [2.75, 3.05) is 19.8 Å². The normalized spacial score (nSPS) is 14.5. The van der Waals surface area contributed by atoms with Crippen molar-refractivity contribution in [3.05, 3.63) is 48.6 Å². The van der Waals surface area contributed by atoms with Crippen LogP contribution in [0.15, 0.2) is 48.6 Å². The van der Waals surface area contributed by atoms with Crippen molar-refractivity contribution in [1.82, 2.24) is 0 Å². The van der Waals surface area contributed by atoms with Crippen LogP contribution < -0.4 is 5.73 Å². The minimum Gasteiger partial charge on any atom is -0.480 e. The molecule has 12 heteroatoms. The Balaban J connectivity index is 4.53. The van der Waals surface area contributed by atoms with Gasteiger partial charge in [-0.3, -0.25) is 23.4 Å². The number of phosphoric ester groups is 1. The molecule has 3 atom stereocenters. The molecule has 0 aliphatic heterocycles. The van der Waals surface area contributed by atoms with Gasteiger partial charge in [0.15, 0.2) is 6.10 Å². The summed E-state index contributed by atoms with van der Waals surface area (Å²) in [5.41, 5.74) is 5.30. The molecule has 49 heavy (non-hydrogen) atoms. The molecule has 0 aliphatic carbocycles. The number of carboxylic acid groups (broad SMARTS) is 1. The minimum atomic E-state index is -4.71. The van der Waals surface area contributed by atoms with Crippen LogP contribution in [0.4, 0.5) is 0 Å². The fourth-order valence-electron chi connectivity index (χ4n) is 4.47. The third-order valence-electron chi connectivity index (χ3n) is 7.34. The second-order valence-electron chi connectivity index (χ2n) is 12.0. The van der Waals surface area contributed by atoms with Crippen molar-refractivity contribution in [1.29, 1.82) is 0 Å². The SMILES string of the molecule is CC/C=C/C/C=C/C/C=C/C/C=C/CCCCC(=O)OC[C@@H](COP(=O)(O)OC[C@@H](N)C(=O)O)OC(=O)CCCCCCCCCCCC. The fourth-order valence-corrected chi connectivity index (χ4v) is 5.24. The summed E-state index contributed by atoms with van der Waals surface area (Å²) in [6.45, 7) is 2.59. The first kappa shape index (κ1) is 46.4. The van der Waals surface area contributed by atoms with E-state index in [4.69, 9.17) is 24.8 Å². The van der Waals surface area contributed by atoms with Crippen LogP contribution in [0.2, 0.25) is 0 Å². The van der Waals surface area contributed by atoms with Gasteiger partial charge in [-0.15, -0.1) is 0 Å². The summed E-state index contributed by atoms with van der Waals surface area (Å²) < 4.78 is 32.4. The van der Waals surface area contributed by atoms with Crippen molar-refractivity contribution >= 4 is 25.7 Å². The van der Waals surface area contributed by atoms with Gasteiger partial charge in [-0.05, 0) is 51.4 Å². The molecule has 0 aliphatic rings. The maximum absolute atomic E-state index is 12.5. The molecule has 0 aromatic heterocycles. The fraction of sp³-hybridized carbons (Fsp3) is 0.703. The van der Waals surface area contributed by atoms with Gasteiger partial charge in [0.1, 0.15) is 12.6 Å². The first-order valence-corrected chi connectivity index (χ1v) is 19.7. The van der Waals surface area contributed by atoms with Gasteiger partial charge in [-0.2, -0.15) is 0 Å². The molecular weight excluding hydrogens is 649 g/mol. The first-order valence-electron chi connectivity index (χ1n) is 18.2. The molecule has 0 aromatic carbocycles. The van der Waals surface area contributed by atoms with E-state index >= 15 is 0 Å². The lowest BCUT2D eigenvalue weighted by Gasteiger charge is -2.20. The molecule has 0 aromatic rings. The lowest BCUT2D eigenvalue weighted by molar-refractivity contribution is -0.161. The molecule has 282 valence electrons. The molecule has 0 heterocycles. The number of esters is 2. The van der Waals surface area contributed by atoms with E-state index in [0.717, 1.165) is 57.8 Å². The zero-order chi connectivity index (χ0) is 36.4. The van der Waals surface area contributed by atoms with Crippen LogP contribution in [0.5, 0.6) is 0 Å². The highest BCUT2D eigenvalue weighted by Gasteiger charge is 2.28. The second-order valence-corrected chi connectivity index (χ2v) is 13.4. The highest BCUT2D eigenvalue weighted by molar-refractivity contribution is 7.47. The van der Waals surface area contributed by atoms with Crippen molar-refractivity contribution in [3.8, 4) is 0 Å². The Morgan fingerprint density at radius 3 is 1.71 bits per heavy atom. The van der Waals surface area contributed by atoms with Gasteiger partial charge in [0.2, 0.25) is 0 Å². The van der Waals surface area contributed by atoms with Gasteiger partial charge < -0.3 is 25.2 Å². The van der Waals surface area contributed by atoms with E-state index in [0.29, 0.717) is 12.8 Å². The van der Waals surface area contributed by atoms with Crippen LogP contribution in [0.1, 0.15) is 136 Å². The van der Waals surface area contributed by atoms with Gasteiger partial charge in [0, 0.05) is 12.8 Å². The molecule has 0 radical (unpaired) electrons. The molecule has 0 saturated carbocycles. The number of carbonyl (C=O) groups is 3. The van der Waals surface area contributed by atoms with Gasteiger partial charge in [-0.25, -0.2) is 4.57 Å². The quantitative estimate of drug-likeness (QED) is 0.0257. The lowest BCUT2D eigenvalue weighted by Crippen LogP contribution is -2.34. The number of aliphatic carboxylic acids is 1. The molecule has 0 saturated heterocycles. The number of unbranched alkanes of at least 4 members (excludes halogenated alkanes) is 11. The van der Waals surface area contributed by atoms with E-state index < -0.39 is 51.1 Å². The average Bonchev–Trinajstić information content (AvgIpc) is 3.07. The van der Waals surface area contributed by atoms with Gasteiger partial charge >= 0.3 is 25.7 Å². The van der Waals surface area contributed by atoms with Crippen molar-refractivity contribution in [2.24, 2.45) is 5.73 Å². The number of hydrogen-bond donors (Lipinski definition) is 3. The second kappa shape index (κ2) is 32.6. The molecule has 4 N–H and O–H groups in total. The Labute approximate surface area is 295 Å². The van der Waals surface area contributed by atoms with Crippen LogP contribution in [-0.2, 0) is 37.5 Å². The van der Waals surface area contributed by atoms with E-state index in [1.165, 1.54) is 38.5 Å².